The fourth-order valence-electron chi connectivity index (χ4n) is 3.97. The highest BCUT2D eigenvalue weighted by atomic mass is 19.4. The number of hydrogen-bond acceptors (Lipinski definition) is 7. The minimum atomic E-state index is -5.08. The van der Waals surface area contributed by atoms with E-state index in [9.17, 15) is 26.7 Å². The highest BCUT2D eigenvalue weighted by Crippen LogP contribution is 2.29. The second-order valence-corrected chi connectivity index (χ2v) is 8.39. The molecule has 1 aromatic carbocycles. The van der Waals surface area contributed by atoms with Crippen LogP contribution in [0.3, 0.4) is 0 Å². The van der Waals surface area contributed by atoms with Gasteiger partial charge in [-0.05, 0) is 43.2 Å². The lowest BCUT2D eigenvalue weighted by Gasteiger charge is -2.19. The molecule has 0 spiro atoms. The number of aromatic nitrogens is 6. The Bertz CT molecular complexity index is 1750. The molecule has 15 heteroatoms. The zero-order valence-electron chi connectivity index (χ0n) is 20.8. The number of carbonyl (C=O) groups is 1. The molecule has 3 N–H and O–H groups in total. The summed E-state index contributed by atoms with van der Waals surface area (Å²) in [5.41, 5.74) is 2.40. The van der Waals surface area contributed by atoms with Crippen molar-refractivity contribution >= 4 is 28.6 Å². The number of pyridine rings is 1. The van der Waals surface area contributed by atoms with E-state index in [2.05, 4.69) is 25.3 Å². The summed E-state index contributed by atoms with van der Waals surface area (Å²) >= 11 is 0. The lowest BCUT2D eigenvalue weighted by atomic mass is 10.0. The van der Waals surface area contributed by atoms with E-state index in [0.29, 0.717) is 34.7 Å². The molecular formula is C25H20F5N7O3. The van der Waals surface area contributed by atoms with Gasteiger partial charge >= 0.3 is 12.1 Å². The predicted molar refractivity (Wildman–Crippen MR) is 134 cm³/mol. The Labute approximate surface area is 221 Å². The third-order valence-electron chi connectivity index (χ3n) is 5.69. The molecule has 0 amide bonds. The average molecular weight is 561 g/mol. The third-order valence-corrected chi connectivity index (χ3v) is 5.69. The number of carboxylic acid groups (broad SMARTS) is 1. The molecule has 0 aliphatic carbocycles. The monoisotopic (exact) mass is 561 g/mol. The van der Waals surface area contributed by atoms with Crippen LogP contribution in [0.5, 0.6) is 0 Å². The van der Waals surface area contributed by atoms with Crippen LogP contribution in [0.2, 0.25) is 0 Å². The van der Waals surface area contributed by atoms with Crippen molar-refractivity contribution in [2.45, 2.75) is 32.5 Å². The number of fused-ring (bicyclic) bond motifs is 2. The Morgan fingerprint density at radius 3 is 2.42 bits per heavy atom. The SMILES string of the molecule is CCc1cccc2nc(C(C)Nc3ncnc4[nH]cnc34)c(-c3cc(F)cc(F)c3)c(=O)n12.O=C(O)C(F)(F)F. The number of benzene rings is 1. The first-order valence-corrected chi connectivity index (χ1v) is 11.6. The van der Waals surface area contributed by atoms with Gasteiger partial charge in [0.1, 0.15) is 29.1 Å². The maximum atomic E-state index is 14.1. The number of hydrogen-bond donors (Lipinski definition) is 3. The number of aromatic amines is 1. The van der Waals surface area contributed by atoms with Crippen molar-refractivity contribution in [2.75, 3.05) is 5.32 Å². The van der Waals surface area contributed by atoms with Gasteiger partial charge in [-0.1, -0.05) is 13.0 Å². The number of nitrogens with zero attached hydrogens (tertiary/aromatic N) is 5. The van der Waals surface area contributed by atoms with Crippen molar-refractivity contribution in [1.82, 2.24) is 29.3 Å². The van der Waals surface area contributed by atoms with Gasteiger partial charge in [-0.25, -0.2) is 33.5 Å². The molecule has 0 bridgehead atoms. The van der Waals surface area contributed by atoms with Crippen LogP contribution in [0.15, 0.2) is 53.8 Å². The highest BCUT2D eigenvalue weighted by Gasteiger charge is 2.38. The topological polar surface area (TPSA) is 138 Å². The number of alkyl halides is 3. The Kier molecular flexibility index (Phi) is 7.74. The van der Waals surface area contributed by atoms with E-state index in [1.165, 1.54) is 17.1 Å². The number of halogens is 5. The summed E-state index contributed by atoms with van der Waals surface area (Å²) in [6, 6.07) is 7.85. The van der Waals surface area contributed by atoms with Crippen molar-refractivity contribution in [3.05, 3.63) is 82.4 Å². The minimum Gasteiger partial charge on any atom is -0.475 e. The van der Waals surface area contributed by atoms with Gasteiger partial charge in [0.15, 0.2) is 11.5 Å². The maximum absolute atomic E-state index is 14.1. The van der Waals surface area contributed by atoms with Crippen LogP contribution < -0.4 is 10.9 Å². The second-order valence-electron chi connectivity index (χ2n) is 8.39. The molecule has 0 radical (unpaired) electrons. The number of aliphatic carboxylic acids is 1. The zero-order chi connectivity index (χ0) is 29.2. The summed E-state index contributed by atoms with van der Waals surface area (Å²) in [6.07, 6.45) is -1.61. The number of anilines is 1. The molecule has 5 rings (SSSR count). The zero-order valence-corrected chi connectivity index (χ0v) is 20.8. The minimum absolute atomic E-state index is 0.110. The summed E-state index contributed by atoms with van der Waals surface area (Å²) in [7, 11) is 0. The molecule has 4 aromatic heterocycles. The lowest BCUT2D eigenvalue weighted by Crippen LogP contribution is -2.25. The Hall–Kier alpha value is -4.95. The largest absolute Gasteiger partial charge is 0.490 e. The molecule has 5 aromatic rings. The van der Waals surface area contributed by atoms with E-state index in [4.69, 9.17) is 14.9 Å². The Morgan fingerprint density at radius 1 is 1.12 bits per heavy atom. The smallest absolute Gasteiger partial charge is 0.475 e. The number of nitrogens with one attached hydrogen (secondary N) is 2. The number of H-pyrrole nitrogens is 1. The summed E-state index contributed by atoms with van der Waals surface area (Å²) < 4.78 is 61.4. The summed E-state index contributed by atoms with van der Waals surface area (Å²) in [5.74, 6) is -3.88. The molecule has 1 atom stereocenters. The van der Waals surface area contributed by atoms with Gasteiger partial charge in [-0.2, -0.15) is 13.2 Å². The van der Waals surface area contributed by atoms with Gasteiger partial charge in [-0.3, -0.25) is 9.20 Å². The van der Waals surface area contributed by atoms with Gasteiger partial charge in [-0.15, -0.1) is 0 Å². The molecule has 10 nitrogen and oxygen atoms in total. The van der Waals surface area contributed by atoms with Crippen LogP contribution >= 0.6 is 0 Å². The van der Waals surface area contributed by atoms with Gasteiger partial charge in [0, 0.05) is 11.8 Å². The average Bonchev–Trinajstić information content (AvgIpc) is 3.37. The first-order valence-electron chi connectivity index (χ1n) is 11.6. The second kappa shape index (κ2) is 11.0. The Morgan fingerprint density at radius 2 is 1.80 bits per heavy atom. The van der Waals surface area contributed by atoms with Crippen LogP contribution in [0.4, 0.5) is 27.8 Å². The number of carboxylic acids is 1. The molecule has 1 unspecified atom stereocenters. The van der Waals surface area contributed by atoms with Gasteiger partial charge in [0.25, 0.3) is 5.56 Å². The van der Waals surface area contributed by atoms with E-state index in [0.717, 1.165) is 23.9 Å². The quantitative estimate of drug-likeness (QED) is 0.263. The fourth-order valence-corrected chi connectivity index (χ4v) is 3.97. The van der Waals surface area contributed by atoms with Crippen LogP contribution in [0.25, 0.3) is 27.9 Å². The normalized spacial score (nSPS) is 12.2. The molecule has 0 fully saturated rings. The summed E-state index contributed by atoms with van der Waals surface area (Å²) in [6.45, 7) is 3.72. The molecule has 0 aliphatic rings. The molecule has 208 valence electrons. The van der Waals surface area contributed by atoms with Crippen LogP contribution in [0, 0.1) is 11.6 Å². The van der Waals surface area contributed by atoms with Gasteiger partial charge < -0.3 is 15.4 Å². The summed E-state index contributed by atoms with van der Waals surface area (Å²) in [5, 5.41) is 10.3. The summed E-state index contributed by atoms with van der Waals surface area (Å²) in [4.78, 5) is 42.8. The van der Waals surface area contributed by atoms with Gasteiger partial charge in [0.05, 0.1) is 23.6 Å². The number of rotatable bonds is 5. The Balaban J connectivity index is 0.000000470. The number of imidazole rings is 1. The first-order chi connectivity index (χ1) is 18.9. The maximum Gasteiger partial charge on any atom is 0.490 e. The van der Waals surface area contributed by atoms with E-state index in [1.54, 1.807) is 13.0 Å². The molecule has 40 heavy (non-hydrogen) atoms. The molecule has 0 aliphatic heterocycles. The van der Waals surface area contributed by atoms with Crippen molar-refractivity contribution < 1.29 is 31.9 Å². The molecule has 0 saturated carbocycles. The third kappa shape index (κ3) is 5.72. The molecule has 0 saturated heterocycles. The van der Waals surface area contributed by atoms with Crippen molar-refractivity contribution in [2.24, 2.45) is 0 Å². The predicted octanol–water partition coefficient (Wildman–Crippen LogP) is 4.67. The standard InChI is InChI=1S/C23H19F2N7O.C2HF3O2/c1-3-16-5-4-6-17-31-19(12(2)30-22-20-21(27-10-26-20)28-11-29-22)18(23(33)32(16)17)13-7-14(24)9-15(25)8-13;3-2(4,5)1(6)7/h4-12H,3H2,1-2H3,(H2,26,27,28,29,30);(H,6,7). The van der Waals surface area contributed by atoms with Crippen molar-refractivity contribution in [1.29, 1.82) is 0 Å². The van der Waals surface area contributed by atoms with Crippen LogP contribution in [0.1, 0.15) is 31.3 Å². The van der Waals surface area contributed by atoms with Gasteiger partial charge in [0.2, 0.25) is 0 Å². The number of aryl methyl sites for hydroxylation is 1. The van der Waals surface area contributed by atoms with E-state index < -0.39 is 35.4 Å². The fraction of sp³-hybridized carbons (Fsp3) is 0.200. The molecule has 4 heterocycles. The van der Waals surface area contributed by atoms with Crippen molar-refractivity contribution in [3.8, 4) is 11.1 Å². The molecular weight excluding hydrogens is 541 g/mol. The first kappa shape index (κ1) is 28.1. The van der Waals surface area contributed by atoms with Crippen LogP contribution in [-0.4, -0.2) is 46.6 Å². The van der Waals surface area contributed by atoms with E-state index >= 15 is 0 Å². The van der Waals surface area contributed by atoms with E-state index in [1.807, 2.05) is 19.1 Å². The van der Waals surface area contributed by atoms with E-state index in [-0.39, 0.29) is 11.1 Å². The highest BCUT2D eigenvalue weighted by molar-refractivity contribution is 5.82. The lowest BCUT2D eigenvalue weighted by molar-refractivity contribution is -0.192. The van der Waals surface area contributed by atoms with Crippen molar-refractivity contribution in [3.63, 3.8) is 0 Å². The van der Waals surface area contributed by atoms with Crippen LogP contribution in [-0.2, 0) is 11.2 Å².